The summed E-state index contributed by atoms with van der Waals surface area (Å²) in [7, 11) is 0. The van der Waals surface area contributed by atoms with E-state index in [1.54, 1.807) is 28.4 Å². The van der Waals surface area contributed by atoms with E-state index in [0.29, 0.717) is 36.2 Å². The minimum Gasteiger partial charge on any atom is -0.335 e. The van der Waals surface area contributed by atoms with Crippen LogP contribution in [0.4, 0.5) is 0 Å². The van der Waals surface area contributed by atoms with E-state index >= 15 is 0 Å². The molecule has 0 bridgehead atoms. The van der Waals surface area contributed by atoms with Crippen molar-refractivity contribution in [3.63, 3.8) is 0 Å². The predicted octanol–water partition coefficient (Wildman–Crippen LogP) is 2.58. The van der Waals surface area contributed by atoms with Gasteiger partial charge in [0.25, 0.3) is 5.56 Å². The maximum Gasteiger partial charge on any atom is 0.258 e. The van der Waals surface area contributed by atoms with Crippen molar-refractivity contribution in [2.45, 2.75) is 19.9 Å². The third-order valence-corrected chi connectivity index (χ3v) is 4.52. The molecule has 0 spiro atoms. The molecular formula is C17H17N3O2S. The number of nitrogens with one attached hydrogen (secondary N) is 1. The van der Waals surface area contributed by atoms with E-state index in [1.165, 1.54) is 0 Å². The molecule has 0 saturated heterocycles. The van der Waals surface area contributed by atoms with Crippen molar-refractivity contribution in [1.82, 2.24) is 14.9 Å². The number of amides is 1. The zero-order valence-electron chi connectivity index (χ0n) is 12.8. The summed E-state index contributed by atoms with van der Waals surface area (Å²) in [6.45, 7) is 2.80. The molecule has 0 saturated carbocycles. The van der Waals surface area contributed by atoms with Crippen molar-refractivity contribution < 1.29 is 4.79 Å². The molecule has 1 aromatic carbocycles. The number of thiophene rings is 1. The third kappa shape index (κ3) is 3.48. The molecule has 0 fully saturated rings. The van der Waals surface area contributed by atoms with Crippen LogP contribution in [0.5, 0.6) is 0 Å². The summed E-state index contributed by atoms with van der Waals surface area (Å²) in [4.78, 5) is 34.5. The van der Waals surface area contributed by atoms with Crippen molar-refractivity contribution >= 4 is 28.1 Å². The average molecular weight is 327 g/mol. The van der Waals surface area contributed by atoms with Crippen molar-refractivity contribution in [3.05, 3.63) is 62.8 Å². The van der Waals surface area contributed by atoms with E-state index in [0.717, 1.165) is 4.88 Å². The molecule has 0 aliphatic heterocycles. The van der Waals surface area contributed by atoms with Gasteiger partial charge in [0.05, 0.1) is 23.9 Å². The lowest BCUT2D eigenvalue weighted by Gasteiger charge is -2.20. The summed E-state index contributed by atoms with van der Waals surface area (Å²) in [5.41, 5.74) is 0.473. The number of aromatic amines is 1. The van der Waals surface area contributed by atoms with Crippen LogP contribution in [0.15, 0.2) is 46.6 Å². The molecule has 6 heteroatoms. The first-order valence-corrected chi connectivity index (χ1v) is 8.33. The van der Waals surface area contributed by atoms with Crippen LogP contribution in [0.1, 0.15) is 17.6 Å². The third-order valence-electron chi connectivity index (χ3n) is 3.64. The van der Waals surface area contributed by atoms with E-state index in [1.807, 2.05) is 36.6 Å². The Morgan fingerprint density at radius 2 is 2.09 bits per heavy atom. The number of hydrogen-bond donors (Lipinski definition) is 1. The highest BCUT2D eigenvalue weighted by Crippen LogP contribution is 2.12. The fraction of sp³-hybridized carbons (Fsp3) is 0.235. The molecule has 0 aliphatic carbocycles. The van der Waals surface area contributed by atoms with Gasteiger partial charge in [0.15, 0.2) is 0 Å². The molecule has 3 rings (SSSR count). The Morgan fingerprint density at radius 3 is 2.83 bits per heavy atom. The van der Waals surface area contributed by atoms with E-state index in [9.17, 15) is 9.59 Å². The van der Waals surface area contributed by atoms with Gasteiger partial charge < -0.3 is 9.88 Å². The highest BCUT2D eigenvalue weighted by molar-refractivity contribution is 7.10. The fourth-order valence-corrected chi connectivity index (χ4v) is 3.14. The van der Waals surface area contributed by atoms with Gasteiger partial charge in [-0.1, -0.05) is 18.2 Å². The van der Waals surface area contributed by atoms with Gasteiger partial charge in [0, 0.05) is 11.4 Å². The van der Waals surface area contributed by atoms with E-state index in [-0.39, 0.29) is 11.5 Å². The normalized spacial score (nSPS) is 10.8. The van der Waals surface area contributed by atoms with Crippen LogP contribution in [0.3, 0.4) is 0 Å². The van der Waals surface area contributed by atoms with Crippen LogP contribution in [0.25, 0.3) is 10.9 Å². The number of carbonyl (C=O) groups excluding carboxylic acids is 1. The van der Waals surface area contributed by atoms with Gasteiger partial charge in [-0.05, 0) is 30.5 Å². The number of H-pyrrole nitrogens is 1. The molecule has 0 aliphatic rings. The van der Waals surface area contributed by atoms with Crippen molar-refractivity contribution in [3.8, 4) is 0 Å². The van der Waals surface area contributed by atoms with Crippen molar-refractivity contribution in [1.29, 1.82) is 0 Å². The summed E-state index contributed by atoms with van der Waals surface area (Å²) in [5, 5.41) is 2.52. The Morgan fingerprint density at radius 1 is 1.26 bits per heavy atom. The number of aromatic nitrogens is 2. The largest absolute Gasteiger partial charge is 0.335 e. The first-order valence-electron chi connectivity index (χ1n) is 7.45. The lowest BCUT2D eigenvalue weighted by molar-refractivity contribution is -0.130. The average Bonchev–Trinajstić information content (AvgIpc) is 3.05. The first kappa shape index (κ1) is 15.4. The lowest BCUT2D eigenvalue weighted by Crippen LogP contribution is -2.32. The lowest BCUT2D eigenvalue weighted by atomic mass is 10.2. The van der Waals surface area contributed by atoms with E-state index < -0.39 is 0 Å². The molecule has 3 aromatic rings. The number of nitrogens with zero attached hydrogens (tertiary/aromatic N) is 2. The van der Waals surface area contributed by atoms with Crippen LogP contribution in [0.2, 0.25) is 0 Å². The quantitative estimate of drug-likeness (QED) is 0.783. The molecular weight excluding hydrogens is 310 g/mol. The van der Waals surface area contributed by atoms with E-state index in [2.05, 4.69) is 9.97 Å². The Balaban J connectivity index is 1.81. The van der Waals surface area contributed by atoms with Crippen LogP contribution >= 0.6 is 11.3 Å². The molecule has 1 N–H and O–H groups in total. The van der Waals surface area contributed by atoms with Gasteiger partial charge in [-0.3, -0.25) is 9.59 Å². The molecule has 0 unspecified atom stereocenters. The number of fused-ring (bicyclic) bond motifs is 1. The van der Waals surface area contributed by atoms with Crippen molar-refractivity contribution in [2.75, 3.05) is 6.54 Å². The molecule has 118 valence electrons. The molecule has 2 aromatic heterocycles. The Hall–Kier alpha value is -2.47. The number of likely N-dealkylation sites (N-methyl/N-ethyl adjacent to an activating group) is 1. The monoisotopic (exact) mass is 327 g/mol. The molecule has 0 radical (unpaired) electrons. The molecule has 0 atom stereocenters. The van der Waals surface area contributed by atoms with Gasteiger partial charge in [-0.15, -0.1) is 11.3 Å². The Labute approximate surface area is 137 Å². The SMILES string of the molecule is CCN(Cc1nc2ccccc2c(=O)[nH]1)C(=O)Cc1cccs1. The Bertz CT molecular complexity index is 871. The van der Waals surface area contributed by atoms with Gasteiger partial charge in [-0.2, -0.15) is 0 Å². The number of hydrogen-bond acceptors (Lipinski definition) is 4. The summed E-state index contributed by atoms with van der Waals surface area (Å²) in [6, 6.07) is 11.1. The second-order valence-corrected chi connectivity index (χ2v) is 6.23. The van der Waals surface area contributed by atoms with E-state index in [4.69, 9.17) is 0 Å². The number of para-hydroxylation sites is 1. The standard InChI is InChI=1S/C17H17N3O2S/c1-2-20(16(21)10-12-6-5-9-23-12)11-15-18-14-8-4-3-7-13(14)17(22)19-15/h3-9H,2,10-11H2,1H3,(H,18,19,22). The number of benzene rings is 1. The number of rotatable bonds is 5. The first-order chi connectivity index (χ1) is 11.2. The minimum atomic E-state index is -0.174. The maximum atomic E-state index is 12.4. The van der Waals surface area contributed by atoms with Crippen LogP contribution in [-0.4, -0.2) is 27.3 Å². The maximum absolute atomic E-state index is 12.4. The van der Waals surface area contributed by atoms with Crippen LogP contribution in [0, 0.1) is 0 Å². The second-order valence-electron chi connectivity index (χ2n) is 5.19. The van der Waals surface area contributed by atoms with Gasteiger partial charge in [-0.25, -0.2) is 4.98 Å². The van der Waals surface area contributed by atoms with Gasteiger partial charge in [0.2, 0.25) is 5.91 Å². The fourth-order valence-electron chi connectivity index (χ4n) is 2.44. The summed E-state index contributed by atoms with van der Waals surface area (Å²) >= 11 is 1.57. The zero-order chi connectivity index (χ0) is 16.2. The zero-order valence-corrected chi connectivity index (χ0v) is 13.6. The van der Waals surface area contributed by atoms with Crippen LogP contribution < -0.4 is 5.56 Å². The Kier molecular flexibility index (Phi) is 4.52. The topological polar surface area (TPSA) is 66.1 Å². The summed E-state index contributed by atoms with van der Waals surface area (Å²) < 4.78 is 0. The molecule has 23 heavy (non-hydrogen) atoms. The van der Waals surface area contributed by atoms with Crippen molar-refractivity contribution in [2.24, 2.45) is 0 Å². The highest BCUT2D eigenvalue weighted by atomic mass is 32.1. The molecule has 2 heterocycles. The van der Waals surface area contributed by atoms with Gasteiger partial charge in [0.1, 0.15) is 5.82 Å². The summed E-state index contributed by atoms with van der Waals surface area (Å²) in [6.07, 6.45) is 0.378. The molecule has 5 nitrogen and oxygen atoms in total. The second kappa shape index (κ2) is 6.75. The summed E-state index contributed by atoms with van der Waals surface area (Å²) in [5.74, 6) is 0.542. The van der Waals surface area contributed by atoms with Crippen LogP contribution in [-0.2, 0) is 17.8 Å². The smallest absolute Gasteiger partial charge is 0.258 e. The predicted molar refractivity (Wildman–Crippen MR) is 91.5 cm³/mol. The highest BCUT2D eigenvalue weighted by Gasteiger charge is 2.15. The molecule has 1 amide bonds. The number of carbonyl (C=O) groups is 1. The van der Waals surface area contributed by atoms with Gasteiger partial charge >= 0.3 is 0 Å². The minimum absolute atomic E-state index is 0.0331.